The highest BCUT2D eigenvalue weighted by molar-refractivity contribution is 5.29. The van der Waals surface area contributed by atoms with Crippen molar-refractivity contribution < 1.29 is 9.84 Å². The van der Waals surface area contributed by atoms with E-state index in [1.165, 1.54) is 12.8 Å². The van der Waals surface area contributed by atoms with Crippen molar-refractivity contribution in [3.63, 3.8) is 0 Å². The lowest BCUT2D eigenvalue weighted by Gasteiger charge is -2.34. The summed E-state index contributed by atoms with van der Waals surface area (Å²) in [5.74, 6) is 1.53. The Morgan fingerprint density at radius 2 is 1.67 bits per heavy atom. The van der Waals surface area contributed by atoms with Crippen LogP contribution in [0.25, 0.3) is 0 Å². The summed E-state index contributed by atoms with van der Waals surface area (Å²) in [4.78, 5) is 2.38. The van der Waals surface area contributed by atoms with Crippen molar-refractivity contribution in [3.05, 3.63) is 29.8 Å². The van der Waals surface area contributed by atoms with Crippen molar-refractivity contribution in [2.45, 2.75) is 52.7 Å². The monoisotopic (exact) mass is 293 g/mol. The number of rotatable bonds is 9. The van der Waals surface area contributed by atoms with E-state index in [2.05, 4.69) is 32.6 Å². The third-order valence-corrected chi connectivity index (χ3v) is 4.54. The van der Waals surface area contributed by atoms with Gasteiger partial charge in [-0.25, -0.2) is 0 Å². The molecule has 3 heteroatoms. The zero-order valence-electron chi connectivity index (χ0n) is 14.2. The van der Waals surface area contributed by atoms with E-state index in [1.807, 2.05) is 24.3 Å². The van der Waals surface area contributed by atoms with E-state index in [9.17, 15) is 5.11 Å². The Morgan fingerprint density at radius 1 is 1.10 bits per heavy atom. The van der Waals surface area contributed by atoms with E-state index in [4.69, 9.17) is 4.74 Å². The molecule has 1 aromatic rings. The fraction of sp³-hybridized carbons (Fsp3) is 0.667. The van der Waals surface area contributed by atoms with E-state index in [-0.39, 0.29) is 6.04 Å². The van der Waals surface area contributed by atoms with Gasteiger partial charge < -0.3 is 9.84 Å². The Labute approximate surface area is 129 Å². The van der Waals surface area contributed by atoms with Crippen molar-refractivity contribution in [2.75, 3.05) is 20.2 Å². The van der Waals surface area contributed by atoms with E-state index < -0.39 is 6.10 Å². The van der Waals surface area contributed by atoms with Crippen molar-refractivity contribution in [3.8, 4) is 5.75 Å². The van der Waals surface area contributed by atoms with Gasteiger partial charge in [-0.3, -0.25) is 4.90 Å². The number of ether oxygens (including phenoxy) is 1. The molecule has 0 saturated carbocycles. The van der Waals surface area contributed by atoms with Crippen LogP contribution in [0.2, 0.25) is 0 Å². The maximum atomic E-state index is 10.6. The fourth-order valence-corrected chi connectivity index (χ4v) is 2.74. The van der Waals surface area contributed by atoms with Gasteiger partial charge in [0.05, 0.1) is 13.2 Å². The van der Waals surface area contributed by atoms with Crippen LogP contribution in [-0.2, 0) is 0 Å². The number of nitrogens with zero attached hydrogens (tertiary/aromatic N) is 1. The van der Waals surface area contributed by atoms with Crippen molar-refractivity contribution in [1.29, 1.82) is 0 Å². The molecule has 1 N–H and O–H groups in total. The van der Waals surface area contributed by atoms with E-state index in [0.717, 1.165) is 24.4 Å². The summed E-state index contributed by atoms with van der Waals surface area (Å²) < 4.78 is 5.17. The zero-order valence-corrected chi connectivity index (χ0v) is 14.2. The van der Waals surface area contributed by atoms with Gasteiger partial charge >= 0.3 is 0 Å². The summed E-state index contributed by atoms with van der Waals surface area (Å²) in [6.45, 7) is 10.8. The molecule has 0 amide bonds. The largest absolute Gasteiger partial charge is 0.497 e. The quantitative estimate of drug-likeness (QED) is 0.750. The lowest BCUT2D eigenvalue weighted by molar-refractivity contribution is 0.0507. The summed E-state index contributed by atoms with van der Waals surface area (Å²) in [7, 11) is 1.66. The first-order valence-electron chi connectivity index (χ1n) is 8.13. The fourth-order valence-electron chi connectivity index (χ4n) is 2.74. The van der Waals surface area contributed by atoms with Crippen LogP contribution < -0.4 is 4.74 Å². The summed E-state index contributed by atoms with van der Waals surface area (Å²) >= 11 is 0. The average molecular weight is 293 g/mol. The van der Waals surface area contributed by atoms with Crippen LogP contribution in [0.4, 0.5) is 0 Å². The zero-order chi connectivity index (χ0) is 15.8. The molecule has 0 aliphatic carbocycles. The normalized spacial score (nSPS) is 14.5. The van der Waals surface area contributed by atoms with Gasteiger partial charge in [0.1, 0.15) is 5.75 Å². The van der Waals surface area contributed by atoms with Crippen LogP contribution >= 0.6 is 0 Å². The average Bonchev–Trinajstić information content (AvgIpc) is 2.55. The van der Waals surface area contributed by atoms with Gasteiger partial charge in [0.2, 0.25) is 0 Å². The predicted octanol–water partition coefficient (Wildman–Crippen LogP) is 3.88. The smallest absolute Gasteiger partial charge is 0.118 e. The molecule has 0 aromatic heterocycles. The van der Waals surface area contributed by atoms with Gasteiger partial charge in [-0.05, 0) is 37.1 Å². The van der Waals surface area contributed by atoms with Crippen LogP contribution in [0.3, 0.4) is 0 Å². The van der Waals surface area contributed by atoms with Crippen LogP contribution in [-0.4, -0.2) is 36.2 Å². The van der Waals surface area contributed by atoms with E-state index in [1.54, 1.807) is 7.11 Å². The van der Waals surface area contributed by atoms with Crippen molar-refractivity contribution >= 4 is 0 Å². The van der Waals surface area contributed by atoms with Crippen LogP contribution in [0.1, 0.15) is 52.2 Å². The number of likely N-dealkylation sites (N-methyl/N-ethyl adjacent to an activating group) is 1. The van der Waals surface area contributed by atoms with E-state index in [0.29, 0.717) is 5.92 Å². The number of hydrogen-bond donors (Lipinski definition) is 1. The molecule has 0 bridgehead atoms. The molecule has 0 radical (unpaired) electrons. The first-order valence-corrected chi connectivity index (χ1v) is 8.13. The minimum absolute atomic E-state index is 0.115. The highest BCUT2D eigenvalue weighted by atomic mass is 16.5. The molecule has 2 atom stereocenters. The standard InChI is InChI=1S/C18H31NO2/c1-6-15(7-2)13-19(8-3)14(4)18(20)16-9-11-17(21-5)12-10-16/h9-12,14-15,18,20H,6-8,13H2,1-5H3. The lowest BCUT2D eigenvalue weighted by atomic mass is 9.98. The number of methoxy groups -OCH3 is 1. The molecule has 120 valence electrons. The third kappa shape index (κ3) is 5.01. The molecule has 21 heavy (non-hydrogen) atoms. The highest BCUT2D eigenvalue weighted by Gasteiger charge is 2.23. The number of benzene rings is 1. The van der Waals surface area contributed by atoms with Gasteiger partial charge in [0.25, 0.3) is 0 Å². The molecule has 0 fully saturated rings. The molecule has 0 saturated heterocycles. The van der Waals surface area contributed by atoms with E-state index >= 15 is 0 Å². The third-order valence-electron chi connectivity index (χ3n) is 4.54. The highest BCUT2D eigenvalue weighted by Crippen LogP contribution is 2.24. The van der Waals surface area contributed by atoms with Gasteiger partial charge in [0, 0.05) is 12.6 Å². The lowest BCUT2D eigenvalue weighted by Crippen LogP contribution is -2.40. The molecule has 1 aromatic carbocycles. The van der Waals surface area contributed by atoms with Crippen molar-refractivity contribution in [2.24, 2.45) is 5.92 Å². The van der Waals surface area contributed by atoms with Crippen molar-refractivity contribution in [1.82, 2.24) is 4.90 Å². The number of hydrogen-bond acceptors (Lipinski definition) is 3. The SMILES string of the molecule is CCC(CC)CN(CC)C(C)C(O)c1ccc(OC)cc1. The Morgan fingerprint density at radius 3 is 2.10 bits per heavy atom. The number of aliphatic hydroxyl groups excluding tert-OH is 1. The minimum atomic E-state index is -0.467. The van der Waals surface area contributed by atoms with Gasteiger partial charge in [-0.15, -0.1) is 0 Å². The van der Waals surface area contributed by atoms with Gasteiger partial charge in [-0.2, -0.15) is 0 Å². The van der Waals surface area contributed by atoms with Crippen LogP contribution in [0.5, 0.6) is 5.75 Å². The topological polar surface area (TPSA) is 32.7 Å². The molecule has 0 aliphatic heterocycles. The Hall–Kier alpha value is -1.06. The second kappa shape index (κ2) is 9.06. The summed E-state index contributed by atoms with van der Waals surface area (Å²) in [5.41, 5.74) is 0.950. The molecular formula is C18H31NO2. The minimum Gasteiger partial charge on any atom is -0.497 e. The van der Waals surface area contributed by atoms with Crippen LogP contribution in [0.15, 0.2) is 24.3 Å². The Bertz CT molecular complexity index is 387. The van der Waals surface area contributed by atoms with Crippen LogP contribution in [0, 0.1) is 5.92 Å². The maximum Gasteiger partial charge on any atom is 0.118 e. The molecular weight excluding hydrogens is 262 g/mol. The Balaban J connectivity index is 2.75. The molecule has 3 nitrogen and oxygen atoms in total. The summed E-state index contributed by atoms with van der Waals surface area (Å²) in [6.07, 6.45) is 1.92. The second-order valence-corrected chi connectivity index (χ2v) is 5.73. The number of aliphatic hydroxyl groups is 1. The van der Waals surface area contributed by atoms with Gasteiger partial charge in [-0.1, -0.05) is 45.7 Å². The molecule has 2 unspecified atom stereocenters. The second-order valence-electron chi connectivity index (χ2n) is 5.73. The molecule has 1 rings (SSSR count). The molecule has 0 spiro atoms. The molecule has 0 heterocycles. The predicted molar refractivity (Wildman–Crippen MR) is 88.7 cm³/mol. The maximum absolute atomic E-state index is 10.6. The van der Waals surface area contributed by atoms with Gasteiger partial charge in [0.15, 0.2) is 0 Å². The Kier molecular flexibility index (Phi) is 7.76. The summed E-state index contributed by atoms with van der Waals surface area (Å²) in [6, 6.07) is 7.82. The molecule has 0 aliphatic rings. The first-order chi connectivity index (χ1) is 10.1. The summed E-state index contributed by atoms with van der Waals surface area (Å²) in [5, 5.41) is 10.6. The first kappa shape index (κ1) is 18.0.